The number of nitrogens with zero attached hydrogens (tertiary/aromatic N) is 3. The van der Waals surface area contributed by atoms with E-state index in [2.05, 4.69) is 20.6 Å². The molecule has 33 heavy (non-hydrogen) atoms. The van der Waals surface area contributed by atoms with Gasteiger partial charge in [-0.15, -0.1) is 0 Å². The molecule has 172 valence electrons. The van der Waals surface area contributed by atoms with E-state index in [0.29, 0.717) is 18.1 Å². The van der Waals surface area contributed by atoms with Crippen LogP contribution in [0.1, 0.15) is 35.4 Å². The van der Waals surface area contributed by atoms with Gasteiger partial charge < -0.3 is 16.4 Å². The second kappa shape index (κ2) is 9.01. The molecular formula is C24H27FN6O2. The van der Waals surface area contributed by atoms with Crippen molar-refractivity contribution in [1.82, 2.24) is 19.9 Å². The van der Waals surface area contributed by atoms with E-state index in [9.17, 15) is 14.0 Å². The molecule has 0 atom stereocenters. The molecule has 0 radical (unpaired) electrons. The molecule has 0 aliphatic heterocycles. The molecule has 1 aromatic carbocycles. The fourth-order valence-corrected chi connectivity index (χ4v) is 3.87. The Morgan fingerprint density at radius 2 is 2.03 bits per heavy atom. The summed E-state index contributed by atoms with van der Waals surface area (Å²) < 4.78 is 15.0. The summed E-state index contributed by atoms with van der Waals surface area (Å²) in [5.74, 6) is 0.0270. The van der Waals surface area contributed by atoms with Crippen LogP contribution in [-0.4, -0.2) is 27.0 Å². The van der Waals surface area contributed by atoms with Crippen LogP contribution in [0.5, 0.6) is 0 Å². The van der Waals surface area contributed by atoms with Crippen LogP contribution in [0.15, 0.2) is 47.4 Å². The van der Waals surface area contributed by atoms with E-state index in [1.165, 1.54) is 16.7 Å². The van der Waals surface area contributed by atoms with Crippen LogP contribution in [-0.2, 0) is 23.3 Å². The van der Waals surface area contributed by atoms with Gasteiger partial charge in [0.1, 0.15) is 18.2 Å². The fourth-order valence-electron chi connectivity index (χ4n) is 3.87. The van der Waals surface area contributed by atoms with Crippen molar-refractivity contribution in [3.63, 3.8) is 0 Å². The summed E-state index contributed by atoms with van der Waals surface area (Å²) in [6.07, 6.45) is 3.38. The standard InChI is InChI=1S/C24H27FN6O2/c1-15-11-28-22(29-14-24(8-9-24)18-4-3-5-19(25)10-18)23(33)31(15)13-21(32)27-12-17-6-7-20(26)30-16(17)2/h3-7,10-11H,8-9,12-14H2,1-2H3,(H2,26,30)(H,27,32)(H,28,29). The number of nitrogen functional groups attached to an aromatic ring is 1. The zero-order valence-electron chi connectivity index (χ0n) is 18.7. The smallest absolute Gasteiger partial charge is 0.293 e. The van der Waals surface area contributed by atoms with E-state index >= 15 is 0 Å². The van der Waals surface area contributed by atoms with E-state index in [-0.39, 0.29) is 41.6 Å². The highest BCUT2D eigenvalue weighted by Gasteiger charge is 2.44. The molecule has 1 aliphatic carbocycles. The van der Waals surface area contributed by atoms with Gasteiger partial charge in [0.2, 0.25) is 5.91 Å². The SMILES string of the molecule is Cc1nc(N)ccc1CNC(=O)Cn1c(C)cnc(NCC2(c3cccc(F)c3)CC2)c1=O. The Bertz CT molecular complexity index is 1250. The second-order valence-electron chi connectivity index (χ2n) is 8.54. The van der Waals surface area contributed by atoms with Gasteiger partial charge in [0.15, 0.2) is 5.82 Å². The number of amides is 1. The molecule has 1 fully saturated rings. The molecule has 0 spiro atoms. The number of nitrogens with two attached hydrogens (primary N) is 1. The predicted molar refractivity (Wildman–Crippen MR) is 124 cm³/mol. The Morgan fingerprint density at radius 3 is 2.73 bits per heavy atom. The molecule has 2 aromatic heterocycles. The molecule has 9 heteroatoms. The number of aromatic nitrogens is 3. The normalized spacial score (nSPS) is 14.0. The van der Waals surface area contributed by atoms with Crippen LogP contribution in [0.2, 0.25) is 0 Å². The summed E-state index contributed by atoms with van der Waals surface area (Å²) in [4.78, 5) is 33.9. The van der Waals surface area contributed by atoms with Gasteiger partial charge in [-0.2, -0.15) is 0 Å². The van der Waals surface area contributed by atoms with E-state index in [4.69, 9.17) is 5.73 Å². The molecule has 0 unspecified atom stereocenters. The number of rotatable bonds is 8. The third-order valence-electron chi connectivity index (χ3n) is 6.13. The van der Waals surface area contributed by atoms with Crippen LogP contribution in [0.4, 0.5) is 16.0 Å². The van der Waals surface area contributed by atoms with Gasteiger partial charge in [-0.05, 0) is 56.0 Å². The minimum atomic E-state index is -0.370. The number of anilines is 2. The fraction of sp³-hybridized carbons (Fsp3) is 0.333. The summed E-state index contributed by atoms with van der Waals surface area (Å²) >= 11 is 0. The van der Waals surface area contributed by atoms with Crippen LogP contribution < -0.4 is 21.9 Å². The summed E-state index contributed by atoms with van der Waals surface area (Å²) in [6, 6.07) is 10.1. The van der Waals surface area contributed by atoms with Gasteiger partial charge in [-0.25, -0.2) is 14.4 Å². The summed E-state index contributed by atoms with van der Waals surface area (Å²) in [6.45, 7) is 4.19. The van der Waals surface area contributed by atoms with Gasteiger partial charge >= 0.3 is 0 Å². The summed E-state index contributed by atoms with van der Waals surface area (Å²) in [5, 5.41) is 5.95. The highest BCUT2D eigenvalue weighted by atomic mass is 19.1. The average Bonchev–Trinajstić information content (AvgIpc) is 3.57. The van der Waals surface area contributed by atoms with E-state index < -0.39 is 0 Å². The molecule has 0 bridgehead atoms. The van der Waals surface area contributed by atoms with Crippen molar-refractivity contribution >= 4 is 17.5 Å². The summed E-state index contributed by atoms with van der Waals surface area (Å²) in [7, 11) is 0. The molecule has 4 rings (SSSR count). The van der Waals surface area contributed by atoms with Gasteiger partial charge in [-0.3, -0.25) is 14.2 Å². The second-order valence-corrected chi connectivity index (χ2v) is 8.54. The van der Waals surface area contributed by atoms with E-state index in [0.717, 1.165) is 29.7 Å². The molecule has 1 amide bonds. The monoisotopic (exact) mass is 450 g/mol. The average molecular weight is 451 g/mol. The molecule has 3 aromatic rings. The Kier molecular flexibility index (Phi) is 6.13. The zero-order valence-corrected chi connectivity index (χ0v) is 18.7. The first kappa shape index (κ1) is 22.4. The van der Waals surface area contributed by atoms with Gasteiger partial charge in [0.05, 0.1) is 0 Å². The highest BCUT2D eigenvalue weighted by molar-refractivity contribution is 5.75. The van der Waals surface area contributed by atoms with Gasteiger partial charge in [0.25, 0.3) is 5.56 Å². The lowest BCUT2D eigenvalue weighted by molar-refractivity contribution is -0.121. The topological polar surface area (TPSA) is 115 Å². The van der Waals surface area contributed by atoms with Crippen LogP contribution >= 0.6 is 0 Å². The number of nitrogens with one attached hydrogen (secondary N) is 2. The molecule has 1 aliphatic rings. The quantitative estimate of drug-likeness (QED) is 0.486. The van der Waals surface area contributed by atoms with Crippen molar-refractivity contribution in [3.05, 3.63) is 81.3 Å². The van der Waals surface area contributed by atoms with Crippen LogP contribution in [0, 0.1) is 19.7 Å². The molecule has 1 saturated carbocycles. The first-order valence-electron chi connectivity index (χ1n) is 10.8. The molecular weight excluding hydrogens is 423 g/mol. The van der Waals surface area contributed by atoms with Crippen molar-refractivity contribution in [1.29, 1.82) is 0 Å². The predicted octanol–water partition coefficient (Wildman–Crippen LogP) is 2.44. The van der Waals surface area contributed by atoms with E-state index in [1.54, 1.807) is 25.3 Å². The molecule has 4 N–H and O–H groups in total. The number of hydrogen-bond acceptors (Lipinski definition) is 6. The number of hydrogen-bond donors (Lipinski definition) is 3. The van der Waals surface area contributed by atoms with Crippen molar-refractivity contribution in [2.75, 3.05) is 17.6 Å². The Morgan fingerprint density at radius 1 is 1.24 bits per heavy atom. The highest BCUT2D eigenvalue weighted by Crippen LogP contribution is 2.48. The van der Waals surface area contributed by atoms with Gasteiger partial charge in [-0.1, -0.05) is 18.2 Å². The number of halogens is 1. The first-order chi connectivity index (χ1) is 15.8. The Labute approximate surface area is 191 Å². The van der Waals surface area contributed by atoms with Gasteiger partial charge in [0, 0.05) is 36.1 Å². The molecule has 8 nitrogen and oxygen atoms in total. The molecule has 2 heterocycles. The zero-order chi connectivity index (χ0) is 23.6. The lowest BCUT2D eigenvalue weighted by Gasteiger charge is -2.18. The first-order valence-corrected chi connectivity index (χ1v) is 10.8. The minimum absolute atomic E-state index is 0.127. The number of benzene rings is 1. The number of aryl methyl sites for hydroxylation is 2. The lowest BCUT2D eigenvalue weighted by atomic mass is 9.96. The Hall–Kier alpha value is -3.75. The van der Waals surface area contributed by atoms with Crippen molar-refractivity contribution in [2.24, 2.45) is 0 Å². The Balaban J connectivity index is 1.42. The van der Waals surface area contributed by atoms with Crippen molar-refractivity contribution in [2.45, 2.75) is 45.2 Å². The van der Waals surface area contributed by atoms with Crippen LogP contribution in [0.3, 0.4) is 0 Å². The van der Waals surface area contributed by atoms with Crippen molar-refractivity contribution in [3.8, 4) is 0 Å². The third-order valence-corrected chi connectivity index (χ3v) is 6.13. The number of pyridine rings is 1. The lowest BCUT2D eigenvalue weighted by Crippen LogP contribution is -2.35. The largest absolute Gasteiger partial charge is 0.384 e. The number of carbonyl (C=O) groups is 1. The van der Waals surface area contributed by atoms with Crippen molar-refractivity contribution < 1.29 is 9.18 Å². The number of carbonyl (C=O) groups excluding carboxylic acids is 1. The maximum absolute atomic E-state index is 13.6. The maximum atomic E-state index is 13.6. The summed E-state index contributed by atoms with van der Waals surface area (Å²) in [5.41, 5.74) is 8.18. The van der Waals surface area contributed by atoms with Crippen LogP contribution in [0.25, 0.3) is 0 Å². The maximum Gasteiger partial charge on any atom is 0.293 e. The minimum Gasteiger partial charge on any atom is -0.384 e. The molecule has 0 saturated heterocycles. The van der Waals surface area contributed by atoms with E-state index in [1.807, 2.05) is 19.1 Å². The third kappa shape index (κ3) is 5.02.